The molecule has 0 radical (unpaired) electrons. The molecule has 0 unspecified atom stereocenters. The number of rotatable bonds is 6. The average molecular weight is 386 g/mol. The molecule has 0 aliphatic rings. The van der Waals surface area contributed by atoms with Gasteiger partial charge in [-0.25, -0.2) is 4.68 Å². The second-order valence-corrected chi connectivity index (χ2v) is 6.28. The Morgan fingerprint density at radius 1 is 1.11 bits per heavy atom. The molecule has 0 spiro atoms. The van der Waals surface area contributed by atoms with E-state index >= 15 is 0 Å². The van der Waals surface area contributed by atoms with Gasteiger partial charge >= 0.3 is 0 Å². The SMILES string of the molecule is COc1ccc(NC(=O)c2c(C)nn(Cc3ccccc3)c2Cl)cc1OC. The molecule has 1 amide bonds. The van der Waals surface area contributed by atoms with Gasteiger partial charge in [-0.05, 0) is 24.6 Å². The molecule has 3 aromatic rings. The van der Waals surface area contributed by atoms with Crippen molar-refractivity contribution in [2.24, 2.45) is 0 Å². The van der Waals surface area contributed by atoms with Gasteiger partial charge in [0.25, 0.3) is 5.91 Å². The minimum atomic E-state index is -0.330. The zero-order valence-corrected chi connectivity index (χ0v) is 16.1. The number of hydrogen-bond acceptors (Lipinski definition) is 4. The molecule has 0 aliphatic heterocycles. The quantitative estimate of drug-likeness (QED) is 0.691. The number of anilines is 1. The molecule has 0 bridgehead atoms. The Bertz CT molecular complexity index is 955. The Balaban J connectivity index is 1.83. The highest BCUT2D eigenvalue weighted by Gasteiger charge is 2.21. The summed E-state index contributed by atoms with van der Waals surface area (Å²) in [5.74, 6) is 0.780. The van der Waals surface area contributed by atoms with Crippen molar-refractivity contribution in [3.63, 3.8) is 0 Å². The first-order valence-electron chi connectivity index (χ1n) is 8.33. The highest BCUT2D eigenvalue weighted by molar-refractivity contribution is 6.33. The molecule has 27 heavy (non-hydrogen) atoms. The van der Waals surface area contributed by atoms with Gasteiger partial charge in [-0.15, -0.1) is 0 Å². The van der Waals surface area contributed by atoms with Gasteiger partial charge in [0, 0.05) is 11.8 Å². The van der Waals surface area contributed by atoms with Crippen LogP contribution in [0.5, 0.6) is 11.5 Å². The number of amides is 1. The summed E-state index contributed by atoms with van der Waals surface area (Å²) >= 11 is 6.44. The molecule has 1 aromatic heterocycles. The van der Waals surface area contributed by atoms with Crippen LogP contribution in [0.25, 0.3) is 0 Å². The molecule has 3 rings (SSSR count). The van der Waals surface area contributed by atoms with Crippen LogP contribution in [0.15, 0.2) is 48.5 Å². The first-order chi connectivity index (χ1) is 13.0. The van der Waals surface area contributed by atoms with Crippen molar-refractivity contribution in [2.75, 3.05) is 19.5 Å². The van der Waals surface area contributed by atoms with Crippen LogP contribution in [0, 0.1) is 6.92 Å². The van der Waals surface area contributed by atoms with Crippen molar-refractivity contribution in [3.05, 3.63) is 70.5 Å². The predicted molar refractivity (Wildman–Crippen MR) is 105 cm³/mol. The Labute approximate surface area is 162 Å². The minimum absolute atomic E-state index is 0.300. The van der Waals surface area contributed by atoms with Crippen molar-refractivity contribution in [1.29, 1.82) is 0 Å². The number of nitrogens with zero attached hydrogens (tertiary/aromatic N) is 2. The van der Waals surface area contributed by atoms with Crippen LogP contribution >= 0.6 is 11.6 Å². The van der Waals surface area contributed by atoms with E-state index < -0.39 is 0 Å². The van der Waals surface area contributed by atoms with E-state index in [1.54, 1.807) is 36.9 Å². The van der Waals surface area contributed by atoms with E-state index in [-0.39, 0.29) is 5.91 Å². The van der Waals surface area contributed by atoms with E-state index in [0.717, 1.165) is 5.56 Å². The van der Waals surface area contributed by atoms with Gasteiger partial charge in [-0.1, -0.05) is 41.9 Å². The Hall–Kier alpha value is -2.99. The summed E-state index contributed by atoms with van der Waals surface area (Å²) in [6.45, 7) is 2.25. The number of aryl methyl sites for hydroxylation is 1. The molecule has 0 atom stereocenters. The molecule has 140 valence electrons. The van der Waals surface area contributed by atoms with Crippen molar-refractivity contribution in [1.82, 2.24) is 9.78 Å². The van der Waals surface area contributed by atoms with Crippen LogP contribution in [0.2, 0.25) is 5.15 Å². The zero-order valence-electron chi connectivity index (χ0n) is 15.3. The summed E-state index contributed by atoms with van der Waals surface area (Å²) in [7, 11) is 3.10. The maximum Gasteiger partial charge on any atom is 0.260 e. The highest BCUT2D eigenvalue weighted by atomic mass is 35.5. The third-order valence-corrected chi connectivity index (χ3v) is 4.49. The lowest BCUT2D eigenvalue weighted by Gasteiger charge is -2.10. The zero-order chi connectivity index (χ0) is 19.4. The van der Waals surface area contributed by atoms with Crippen LogP contribution in [0.3, 0.4) is 0 Å². The third-order valence-electron chi connectivity index (χ3n) is 4.11. The number of nitrogens with one attached hydrogen (secondary N) is 1. The van der Waals surface area contributed by atoms with Gasteiger partial charge in [0.15, 0.2) is 11.5 Å². The van der Waals surface area contributed by atoms with E-state index in [0.29, 0.717) is 40.1 Å². The van der Waals surface area contributed by atoms with Crippen molar-refractivity contribution in [3.8, 4) is 11.5 Å². The van der Waals surface area contributed by atoms with Crippen LogP contribution in [-0.4, -0.2) is 29.9 Å². The molecular formula is C20H20ClN3O3. The van der Waals surface area contributed by atoms with Crippen LogP contribution in [0.1, 0.15) is 21.6 Å². The Morgan fingerprint density at radius 2 is 1.81 bits per heavy atom. The minimum Gasteiger partial charge on any atom is -0.493 e. The van der Waals surface area contributed by atoms with Crippen LogP contribution < -0.4 is 14.8 Å². The van der Waals surface area contributed by atoms with Crippen LogP contribution in [-0.2, 0) is 6.54 Å². The normalized spacial score (nSPS) is 10.5. The van der Waals surface area contributed by atoms with E-state index in [9.17, 15) is 4.79 Å². The average Bonchev–Trinajstić information content (AvgIpc) is 2.95. The third kappa shape index (κ3) is 4.06. The number of aromatic nitrogens is 2. The molecule has 0 saturated heterocycles. The molecule has 7 heteroatoms. The monoisotopic (exact) mass is 385 g/mol. The largest absolute Gasteiger partial charge is 0.493 e. The molecule has 0 saturated carbocycles. The van der Waals surface area contributed by atoms with Gasteiger partial charge in [-0.2, -0.15) is 5.10 Å². The smallest absolute Gasteiger partial charge is 0.260 e. The summed E-state index contributed by atoms with van der Waals surface area (Å²) in [5.41, 5.74) is 2.54. The Kier molecular flexibility index (Phi) is 5.66. The van der Waals surface area contributed by atoms with E-state index in [4.69, 9.17) is 21.1 Å². The first-order valence-corrected chi connectivity index (χ1v) is 8.71. The topological polar surface area (TPSA) is 65.4 Å². The van der Waals surface area contributed by atoms with Gasteiger partial charge < -0.3 is 14.8 Å². The molecule has 1 N–H and O–H groups in total. The molecule has 0 aliphatic carbocycles. The fourth-order valence-corrected chi connectivity index (χ4v) is 3.10. The maximum absolute atomic E-state index is 12.8. The van der Waals surface area contributed by atoms with Crippen molar-refractivity contribution >= 4 is 23.2 Å². The van der Waals surface area contributed by atoms with Gasteiger partial charge in [-0.3, -0.25) is 4.79 Å². The Morgan fingerprint density at radius 3 is 2.48 bits per heavy atom. The van der Waals surface area contributed by atoms with Gasteiger partial charge in [0.1, 0.15) is 5.15 Å². The number of hydrogen-bond donors (Lipinski definition) is 1. The molecular weight excluding hydrogens is 366 g/mol. The van der Waals surface area contributed by atoms with Gasteiger partial charge in [0.05, 0.1) is 32.0 Å². The second-order valence-electron chi connectivity index (χ2n) is 5.92. The summed E-state index contributed by atoms with van der Waals surface area (Å²) in [6.07, 6.45) is 0. The number of methoxy groups -OCH3 is 2. The van der Waals surface area contributed by atoms with Gasteiger partial charge in [0.2, 0.25) is 0 Å². The molecule has 6 nitrogen and oxygen atoms in total. The lowest BCUT2D eigenvalue weighted by atomic mass is 10.2. The first kappa shape index (κ1) is 18.8. The predicted octanol–water partition coefficient (Wildman–Crippen LogP) is 4.16. The second kappa shape index (κ2) is 8.14. The number of halogens is 1. The van der Waals surface area contributed by atoms with E-state index in [1.165, 1.54) is 7.11 Å². The number of ether oxygens (including phenoxy) is 2. The number of benzene rings is 2. The maximum atomic E-state index is 12.8. The fourth-order valence-electron chi connectivity index (χ4n) is 2.78. The summed E-state index contributed by atoms with van der Waals surface area (Å²) < 4.78 is 12.1. The summed E-state index contributed by atoms with van der Waals surface area (Å²) in [4.78, 5) is 12.8. The lowest BCUT2D eigenvalue weighted by Crippen LogP contribution is -2.13. The lowest BCUT2D eigenvalue weighted by molar-refractivity contribution is 0.102. The summed E-state index contributed by atoms with van der Waals surface area (Å²) in [5, 5.41) is 7.54. The molecule has 0 fully saturated rings. The van der Waals surface area contributed by atoms with E-state index in [2.05, 4.69) is 10.4 Å². The summed E-state index contributed by atoms with van der Waals surface area (Å²) in [6, 6.07) is 15.0. The fraction of sp³-hybridized carbons (Fsp3) is 0.200. The molecule has 1 heterocycles. The number of carbonyl (C=O) groups is 1. The van der Waals surface area contributed by atoms with E-state index in [1.807, 2.05) is 30.3 Å². The molecule has 2 aromatic carbocycles. The highest BCUT2D eigenvalue weighted by Crippen LogP contribution is 2.30. The van der Waals surface area contributed by atoms with Crippen molar-refractivity contribution in [2.45, 2.75) is 13.5 Å². The standard InChI is InChI=1S/C20H20ClN3O3/c1-13-18(19(21)24(23-13)12-14-7-5-4-6-8-14)20(25)22-15-9-10-16(26-2)17(11-15)27-3/h4-11H,12H2,1-3H3,(H,22,25). The van der Waals surface area contributed by atoms with Crippen molar-refractivity contribution < 1.29 is 14.3 Å². The van der Waals surface area contributed by atoms with Crippen LogP contribution in [0.4, 0.5) is 5.69 Å². The number of carbonyl (C=O) groups excluding carboxylic acids is 1.